The summed E-state index contributed by atoms with van der Waals surface area (Å²) in [5, 5.41) is 2.99. The third kappa shape index (κ3) is 7.38. The molecule has 2 aromatic rings. The lowest BCUT2D eigenvalue weighted by atomic mass is 10.2. The van der Waals surface area contributed by atoms with Crippen LogP contribution in [0.15, 0.2) is 42.5 Å². The van der Waals surface area contributed by atoms with Crippen LogP contribution in [0.1, 0.15) is 12.8 Å². The van der Waals surface area contributed by atoms with Gasteiger partial charge in [0.1, 0.15) is 23.9 Å². The molecule has 10 heteroatoms. The fourth-order valence-corrected chi connectivity index (χ4v) is 3.87. The Balaban J connectivity index is 1.79. The first kappa shape index (κ1) is 23.8. The number of nitrogens with one attached hydrogen (secondary N) is 1. The Morgan fingerprint density at radius 1 is 1.20 bits per heavy atom. The number of rotatable bonds is 11. The summed E-state index contributed by atoms with van der Waals surface area (Å²) in [7, 11) is -2.08. The smallest absolute Gasteiger partial charge is 0.232 e. The lowest BCUT2D eigenvalue weighted by Crippen LogP contribution is -2.32. The maximum absolute atomic E-state index is 12.8. The minimum Gasteiger partial charge on any atom is -0.495 e. The van der Waals surface area contributed by atoms with E-state index in [0.29, 0.717) is 28.6 Å². The van der Waals surface area contributed by atoms with E-state index in [1.807, 2.05) is 0 Å². The average Bonchev–Trinajstić information content (AvgIpc) is 2.69. The summed E-state index contributed by atoms with van der Waals surface area (Å²) in [4.78, 5) is 12.0. The number of sulfonamides is 1. The number of ether oxygens (including phenoxy) is 2. The van der Waals surface area contributed by atoms with E-state index in [1.54, 1.807) is 12.1 Å². The van der Waals surface area contributed by atoms with E-state index >= 15 is 0 Å². The summed E-state index contributed by atoms with van der Waals surface area (Å²) in [6.07, 6.45) is 1.56. The second-order valence-electron chi connectivity index (χ2n) is 6.41. The van der Waals surface area contributed by atoms with Gasteiger partial charge in [-0.3, -0.25) is 9.10 Å². The first-order valence-corrected chi connectivity index (χ1v) is 11.4. The van der Waals surface area contributed by atoms with E-state index in [9.17, 15) is 17.6 Å². The van der Waals surface area contributed by atoms with Gasteiger partial charge in [-0.05, 0) is 48.9 Å². The molecule has 0 unspecified atom stereocenters. The zero-order chi connectivity index (χ0) is 22.1. The molecule has 164 valence electrons. The maximum Gasteiger partial charge on any atom is 0.232 e. The van der Waals surface area contributed by atoms with Crippen LogP contribution in [0, 0.1) is 5.82 Å². The Hall–Kier alpha value is -2.52. The molecule has 1 N–H and O–H groups in total. The summed E-state index contributed by atoms with van der Waals surface area (Å²) >= 11 is 6.09. The van der Waals surface area contributed by atoms with Gasteiger partial charge in [-0.25, -0.2) is 12.8 Å². The van der Waals surface area contributed by atoms with Crippen molar-refractivity contribution < 1.29 is 27.1 Å². The normalized spacial score (nSPS) is 11.1. The van der Waals surface area contributed by atoms with Crippen LogP contribution in [0.2, 0.25) is 5.02 Å². The van der Waals surface area contributed by atoms with E-state index in [2.05, 4.69) is 5.32 Å². The molecule has 0 heterocycles. The monoisotopic (exact) mass is 458 g/mol. The van der Waals surface area contributed by atoms with Gasteiger partial charge in [-0.2, -0.15) is 0 Å². The molecule has 0 bridgehead atoms. The van der Waals surface area contributed by atoms with Crippen molar-refractivity contribution in [3.05, 3.63) is 53.3 Å². The van der Waals surface area contributed by atoms with Crippen molar-refractivity contribution in [1.29, 1.82) is 0 Å². The predicted molar refractivity (Wildman–Crippen MR) is 114 cm³/mol. The molecule has 0 aromatic heterocycles. The van der Waals surface area contributed by atoms with Gasteiger partial charge in [0.25, 0.3) is 0 Å². The van der Waals surface area contributed by atoms with Crippen LogP contribution in [0.4, 0.5) is 10.1 Å². The number of anilines is 1. The molecule has 0 saturated heterocycles. The quantitative estimate of drug-likeness (QED) is 0.522. The molecule has 2 aromatic carbocycles. The van der Waals surface area contributed by atoms with Crippen LogP contribution in [0.25, 0.3) is 0 Å². The van der Waals surface area contributed by atoms with Crippen LogP contribution in [0.5, 0.6) is 11.5 Å². The maximum atomic E-state index is 12.8. The minimum atomic E-state index is -3.55. The highest BCUT2D eigenvalue weighted by atomic mass is 35.5. The molecule has 0 radical (unpaired) electrons. The zero-order valence-corrected chi connectivity index (χ0v) is 18.3. The molecule has 2 rings (SSSR count). The standard InChI is InChI=1S/C20H24ClFN2O5S/c1-28-19-10-7-16(14-18(19)21)24(30(2,26)27)12-3-4-20(25)23-11-13-29-17-8-5-15(22)6-9-17/h5-10,14H,3-4,11-13H2,1-2H3,(H,23,25). The molecule has 0 spiro atoms. The van der Waals surface area contributed by atoms with Gasteiger partial charge in [0, 0.05) is 13.0 Å². The van der Waals surface area contributed by atoms with E-state index < -0.39 is 10.0 Å². The second-order valence-corrected chi connectivity index (χ2v) is 8.72. The fourth-order valence-electron chi connectivity index (χ4n) is 2.66. The lowest BCUT2D eigenvalue weighted by molar-refractivity contribution is -0.121. The second kappa shape index (κ2) is 11.0. The van der Waals surface area contributed by atoms with Crippen molar-refractivity contribution in [2.24, 2.45) is 0 Å². The first-order chi connectivity index (χ1) is 14.2. The predicted octanol–water partition coefficient (Wildman–Crippen LogP) is 3.23. The Morgan fingerprint density at radius 3 is 2.50 bits per heavy atom. The van der Waals surface area contributed by atoms with Gasteiger partial charge in [-0.1, -0.05) is 11.6 Å². The van der Waals surface area contributed by atoms with Crippen LogP contribution >= 0.6 is 11.6 Å². The van der Waals surface area contributed by atoms with Crippen molar-refractivity contribution in [3.63, 3.8) is 0 Å². The van der Waals surface area contributed by atoms with Crippen LogP contribution in [-0.4, -0.2) is 47.4 Å². The van der Waals surface area contributed by atoms with E-state index in [0.717, 1.165) is 6.26 Å². The number of amides is 1. The van der Waals surface area contributed by atoms with Crippen molar-refractivity contribution in [2.75, 3.05) is 37.4 Å². The SMILES string of the molecule is COc1ccc(N(CCCC(=O)NCCOc2ccc(F)cc2)S(C)(=O)=O)cc1Cl. The van der Waals surface area contributed by atoms with Crippen molar-refractivity contribution in [3.8, 4) is 11.5 Å². The van der Waals surface area contributed by atoms with Crippen LogP contribution in [0.3, 0.4) is 0 Å². The number of hydrogen-bond donors (Lipinski definition) is 1. The molecule has 0 aliphatic heterocycles. The molecule has 0 aliphatic rings. The fraction of sp³-hybridized carbons (Fsp3) is 0.350. The Labute approximate surface area is 180 Å². The number of carbonyl (C=O) groups is 1. The van der Waals surface area contributed by atoms with Crippen LogP contribution < -0.4 is 19.1 Å². The van der Waals surface area contributed by atoms with E-state index in [1.165, 1.54) is 41.7 Å². The van der Waals surface area contributed by atoms with Gasteiger partial charge < -0.3 is 14.8 Å². The molecule has 0 fully saturated rings. The molecule has 30 heavy (non-hydrogen) atoms. The lowest BCUT2D eigenvalue weighted by Gasteiger charge is -2.23. The number of nitrogens with zero attached hydrogens (tertiary/aromatic N) is 1. The Bertz CT molecular complexity index is 954. The molecular weight excluding hydrogens is 435 g/mol. The van der Waals surface area contributed by atoms with Gasteiger partial charge in [0.15, 0.2) is 0 Å². The van der Waals surface area contributed by atoms with Crippen molar-refractivity contribution in [2.45, 2.75) is 12.8 Å². The summed E-state index contributed by atoms with van der Waals surface area (Å²) in [5.74, 6) is 0.373. The van der Waals surface area contributed by atoms with Gasteiger partial charge in [0.2, 0.25) is 15.9 Å². The largest absolute Gasteiger partial charge is 0.495 e. The summed E-state index contributed by atoms with van der Waals surface area (Å²) in [5.41, 5.74) is 0.399. The topological polar surface area (TPSA) is 84.9 Å². The van der Waals surface area contributed by atoms with E-state index in [4.69, 9.17) is 21.1 Å². The highest BCUT2D eigenvalue weighted by Gasteiger charge is 2.19. The Kier molecular flexibility index (Phi) is 8.73. The highest BCUT2D eigenvalue weighted by Crippen LogP contribution is 2.30. The number of methoxy groups -OCH3 is 1. The Morgan fingerprint density at radius 2 is 1.90 bits per heavy atom. The average molecular weight is 459 g/mol. The zero-order valence-electron chi connectivity index (χ0n) is 16.7. The molecular formula is C20H24ClFN2O5S. The summed E-state index contributed by atoms with van der Waals surface area (Å²) < 4.78 is 48.8. The highest BCUT2D eigenvalue weighted by molar-refractivity contribution is 7.92. The molecule has 1 amide bonds. The number of carbonyl (C=O) groups excluding carboxylic acids is 1. The third-order valence-corrected chi connectivity index (χ3v) is 5.58. The van der Waals surface area contributed by atoms with Crippen molar-refractivity contribution >= 4 is 33.2 Å². The van der Waals surface area contributed by atoms with E-state index in [-0.39, 0.29) is 37.8 Å². The molecule has 7 nitrogen and oxygen atoms in total. The first-order valence-electron chi connectivity index (χ1n) is 9.17. The van der Waals surface area contributed by atoms with Gasteiger partial charge in [-0.15, -0.1) is 0 Å². The van der Waals surface area contributed by atoms with Crippen LogP contribution in [-0.2, 0) is 14.8 Å². The molecule has 0 saturated carbocycles. The molecule has 0 atom stereocenters. The van der Waals surface area contributed by atoms with Gasteiger partial charge >= 0.3 is 0 Å². The van der Waals surface area contributed by atoms with Crippen molar-refractivity contribution in [1.82, 2.24) is 5.32 Å². The number of halogens is 2. The summed E-state index contributed by atoms with van der Waals surface area (Å²) in [6.45, 7) is 0.637. The number of hydrogen-bond acceptors (Lipinski definition) is 5. The molecule has 0 aliphatic carbocycles. The van der Waals surface area contributed by atoms with Gasteiger partial charge in [0.05, 0.1) is 30.6 Å². The third-order valence-electron chi connectivity index (χ3n) is 4.10. The summed E-state index contributed by atoms with van der Waals surface area (Å²) in [6, 6.07) is 10.3. The number of benzene rings is 2. The minimum absolute atomic E-state index is 0.126.